The van der Waals surface area contributed by atoms with Crippen molar-refractivity contribution < 1.29 is 51.7 Å². The number of nitrogens with zero attached hydrogens (tertiary/aromatic N) is 2. The smallest absolute Gasteiger partial charge is 0.464 e. The molecule has 0 saturated carbocycles. The van der Waals surface area contributed by atoms with Gasteiger partial charge >= 0.3 is 26.0 Å². The molecule has 0 bridgehead atoms. The molecule has 46 heavy (non-hydrogen) atoms. The van der Waals surface area contributed by atoms with Crippen LogP contribution in [0.25, 0.3) is 0 Å². The van der Waals surface area contributed by atoms with E-state index in [0.717, 1.165) is 24.0 Å². The highest BCUT2D eigenvalue weighted by atomic mass is 31.2. The quantitative estimate of drug-likeness (QED) is 0.0477. The van der Waals surface area contributed by atoms with Crippen molar-refractivity contribution in [3.05, 3.63) is 71.8 Å². The molecule has 0 unspecified atom stereocenters. The fourth-order valence-electron chi connectivity index (χ4n) is 3.62. The lowest BCUT2D eigenvalue weighted by Crippen LogP contribution is -2.38. The number of ether oxygens (including phenoxy) is 5. The maximum atomic E-state index is 13.4. The van der Waals surface area contributed by atoms with E-state index in [4.69, 9.17) is 38.5 Å². The van der Waals surface area contributed by atoms with E-state index < -0.39 is 26.0 Å². The van der Waals surface area contributed by atoms with Gasteiger partial charge in [0.1, 0.15) is 19.8 Å². The van der Waals surface area contributed by atoms with Crippen LogP contribution in [0.15, 0.2) is 65.4 Å². The van der Waals surface area contributed by atoms with Gasteiger partial charge in [-0.05, 0) is 43.2 Å². The Morgan fingerprint density at radius 1 is 0.696 bits per heavy atom. The second-order valence-electron chi connectivity index (χ2n) is 9.74. The highest BCUT2D eigenvalue weighted by Crippen LogP contribution is 2.49. The van der Waals surface area contributed by atoms with Crippen molar-refractivity contribution in [1.29, 1.82) is 0 Å². The predicted octanol–water partition coefficient (Wildman–Crippen LogP) is 4.90. The lowest BCUT2D eigenvalue weighted by atomic mass is 10.1. The highest BCUT2D eigenvalue weighted by Gasteiger charge is 2.27. The normalized spacial score (nSPS) is 11.4. The van der Waals surface area contributed by atoms with Crippen LogP contribution in [-0.4, -0.2) is 89.0 Å². The van der Waals surface area contributed by atoms with E-state index in [1.807, 2.05) is 67.6 Å². The molecular formula is C31H44N3O11P. The minimum absolute atomic E-state index is 0.152. The van der Waals surface area contributed by atoms with Crippen LogP contribution in [-0.2, 0) is 54.9 Å². The van der Waals surface area contributed by atoms with Crippen LogP contribution in [0, 0.1) is 0 Å². The standard InChI is InChI=1S/C31H44N3O11P/c1-3-18-39-28(35)25-34(2)29(32)33-46(38,44-23-21-42-30(36)40-19-10-16-26-12-6-4-7-13-26)45-24-22-43-31(37)41-20-11-17-27-14-8-5-9-15-27/h4-9,12-15H,3,10-11,16-25H2,1-2H3,(H2,32,33,38). The Morgan fingerprint density at radius 2 is 1.15 bits per heavy atom. The number of aryl methyl sites for hydroxylation is 2. The third-order valence-electron chi connectivity index (χ3n) is 5.91. The molecule has 0 radical (unpaired) electrons. The summed E-state index contributed by atoms with van der Waals surface area (Å²) in [6, 6.07) is 19.5. The van der Waals surface area contributed by atoms with E-state index in [9.17, 15) is 18.9 Å². The van der Waals surface area contributed by atoms with Crippen molar-refractivity contribution in [2.75, 3.05) is 59.8 Å². The Labute approximate surface area is 269 Å². The van der Waals surface area contributed by atoms with E-state index in [2.05, 4.69) is 4.76 Å². The summed E-state index contributed by atoms with van der Waals surface area (Å²) >= 11 is 0. The van der Waals surface area contributed by atoms with Crippen LogP contribution in [0.1, 0.15) is 37.3 Å². The van der Waals surface area contributed by atoms with Gasteiger partial charge in [0.05, 0.1) is 33.0 Å². The summed E-state index contributed by atoms with van der Waals surface area (Å²) in [6.45, 7) is 0.685. The minimum Gasteiger partial charge on any atom is -0.464 e. The lowest BCUT2D eigenvalue weighted by Gasteiger charge is -2.20. The first-order chi connectivity index (χ1) is 22.2. The van der Waals surface area contributed by atoms with Crippen molar-refractivity contribution in [1.82, 2.24) is 4.90 Å². The number of rotatable bonds is 21. The van der Waals surface area contributed by atoms with Gasteiger partial charge in [0, 0.05) is 7.05 Å². The number of nitrogens with two attached hydrogens (primary N) is 1. The average Bonchev–Trinajstić information content (AvgIpc) is 3.05. The zero-order chi connectivity index (χ0) is 33.5. The van der Waals surface area contributed by atoms with Gasteiger partial charge in [-0.15, -0.1) is 4.76 Å². The summed E-state index contributed by atoms with van der Waals surface area (Å²) < 4.78 is 52.8. The number of likely N-dealkylation sites (N-methyl/N-ethyl adjacent to an activating group) is 1. The first kappa shape index (κ1) is 38.1. The third-order valence-corrected chi connectivity index (χ3v) is 7.38. The fourth-order valence-corrected chi connectivity index (χ4v) is 4.83. The molecule has 2 aromatic rings. The van der Waals surface area contributed by atoms with E-state index in [1.54, 1.807) is 0 Å². The second kappa shape index (κ2) is 22.4. The monoisotopic (exact) mass is 665 g/mol. The van der Waals surface area contributed by atoms with Crippen molar-refractivity contribution >= 4 is 32.0 Å². The van der Waals surface area contributed by atoms with Gasteiger partial charge < -0.3 is 34.3 Å². The first-order valence-electron chi connectivity index (χ1n) is 15.0. The predicted molar refractivity (Wildman–Crippen MR) is 169 cm³/mol. The summed E-state index contributed by atoms with van der Waals surface area (Å²) in [5.74, 6) is -0.903. The number of esters is 1. The Morgan fingerprint density at radius 3 is 1.61 bits per heavy atom. The molecule has 0 aromatic heterocycles. The van der Waals surface area contributed by atoms with Crippen LogP contribution in [0.2, 0.25) is 0 Å². The Kier molecular flexibility index (Phi) is 18.5. The molecular weight excluding hydrogens is 621 g/mol. The summed E-state index contributed by atoms with van der Waals surface area (Å²) in [5.41, 5.74) is 8.17. The van der Waals surface area contributed by atoms with E-state index in [1.165, 1.54) is 11.9 Å². The molecule has 0 saturated heterocycles. The van der Waals surface area contributed by atoms with E-state index >= 15 is 0 Å². The van der Waals surface area contributed by atoms with E-state index in [0.29, 0.717) is 19.3 Å². The molecule has 0 aliphatic carbocycles. The molecule has 0 fully saturated rings. The van der Waals surface area contributed by atoms with Crippen molar-refractivity contribution in [2.45, 2.75) is 39.0 Å². The molecule has 0 heterocycles. The summed E-state index contributed by atoms with van der Waals surface area (Å²) in [4.78, 5) is 36.9. The van der Waals surface area contributed by atoms with Crippen LogP contribution in [0.3, 0.4) is 0 Å². The number of hydrogen-bond acceptors (Lipinski definition) is 11. The van der Waals surface area contributed by atoms with Gasteiger partial charge in [0.2, 0.25) is 5.96 Å². The van der Waals surface area contributed by atoms with E-state index in [-0.39, 0.29) is 58.8 Å². The molecule has 0 aliphatic heterocycles. The fraction of sp³-hybridized carbons (Fsp3) is 0.484. The molecule has 0 amide bonds. The van der Waals surface area contributed by atoms with Crippen LogP contribution < -0.4 is 5.73 Å². The van der Waals surface area contributed by atoms with Crippen LogP contribution in [0.5, 0.6) is 0 Å². The number of benzene rings is 2. The maximum Gasteiger partial charge on any atom is 0.508 e. The zero-order valence-electron chi connectivity index (χ0n) is 26.4. The average molecular weight is 666 g/mol. The SMILES string of the molecule is CCCOC(=O)CN(C)C(N)=NP(=O)(OCCOC(=O)OCCCc1ccccc1)OCCOC(=O)OCCCc1ccccc1. The molecule has 254 valence electrons. The number of guanidine groups is 1. The molecule has 0 atom stereocenters. The molecule has 2 rings (SSSR count). The van der Waals surface area contributed by atoms with Crippen molar-refractivity contribution in [3.8, 4) is 0 Å². The molecule has 14 nitrogen and oxygen atoms in total. The number of carbonyl (C=O) groups excluding carboxylic acids is 3. The molecule has 2 N–H and O–H groups in total. The number of hydrogen-bond donors (Lipinski definition) is 1. The van der Waals surface area contributed by atoms with Crippen molar-refractivity contribution in [3.63, 3.8) is 0 Å². The molecule has 15 heteroatoms. The van der Waals surface area contributed by atoms with Crippen molar-refractivity contribution in [2.24, 2.45) is 10.5 Å². The largest absolute Gasteiger partial charge is 0.508 e. The summed E-state index contributed by atoms with van der Waals surface area (Å²) in [7, 11) is -2.89. The summed E-state index contributed by atoms with van der Waals surface area (Å²) in [6.07, 6.45) is 1.48. The number of carbonyl (C=O) groups is 3. The Bertz CT molecular complexity index is 1180. The van der Waals surface area contributed by atoms with Gasteiger partial charge in [0.15, 0.2) is 0 Å². The first-order valence-corrected chi connectivity index (χ1v) is 16.5. The Balaban J connectivity index is 1.79. The minimum atomic E-state index is -4.33. The molecule has 2 aromatic carbocycles. The second-order valence-corrected chi connectivity index (χ2v) is 11.4. The van der Waals surface area contributed by atoms with Gasteiger partial charge in [0.25, 0.3) is 0 Å². The lowest BCUT2D eigenvalue weighted by molar-refractivity contribution is -0.143. The van der Waals surface area contributed by atoms with Crippen LogP contribution in [0.4, 0.5) is 9.59 Å². The highest BCUT2D eigenvalue weighted by molar-refractivity contribution is 7.52. The maximum absolute atomic E-state index is 13.4. The molecule has 0 aliphatic rings. The topological polar surface area (TPSA) is 175 Å². The third kappa shape index (κ3) is 17.4. The van der Waals surface area contributed by atoms with Gasteiger partial charge in [-0.1, -0.05) is 67.6 Å². The zero-order valence-corrected chi connectivity index (χ0v) is 27.3. The van der Waals surface area contributed by atoms with Gasteiger partial charge in [-0.3, -0.25) is 13.8 Å². The van der Waals surface area contributed by atoms with Gasteiger partial charge in [-0.25, -0.2) is 14.2 Å². The summed E-state index contributed by atoms with van der Waals surface area (Å²) in [5, 5.41) is 0. The molecule has 0 spiro atoms. The Hall–Kier alpha value is -4.13. The van der Waals surface area contributed by atoms with Gasteiger partial charge in [-0.2, -0.15) is 0 Å². The van der Waals surface area contributed by atoms with Crippen LogP contribution >= 0.6 is 7.75 Å².